The summed E-state index contributed by atoms with van der Waals surface area (Å²) >= 11 is 0. The number of carbonyl (C=O) groups is 1. The van der Waals surface area contributed by atoms with Gasteiger partial charge >= 0.3 is 5.97 Å². The predicted molar refractivity (Wildman–Crippen MR) is 37.4 cm³/mol. The lowest BCUT2D eigenvalue weighted by molar-refractivity contribution is -0.152. The van der Waals surface area contributed by atoms with Crippen molar-refractivity contribution in [2.75, 3.05) is 6.54 Å². The van der Waals surface area contributed by atoms with Crippen LogP contribution in [0.3, 0.4) is 0 Å². The number of carboxylic acids is 1. The summed E-state index contributed by atoms with van der Waals surface area (Å²) in [7, 11) is 0. The van der Waals surface area contributed by atoms with Crippen molar-refractivity contribution >= 4 is 5.97 Å². The number of carboxylic acid groups (broad SMARTS) is 1. The molecule has 0 bridgehead atoms. The fourth-order valence-corrected chi connectivity index (χ4v) is 1.15. The first kappa shape index (κ1) is 9.40. The van der Waals surface area contributed by atoms with Crippen molar-refractivity contribution in [2.24, 2.45) is 0 Å². The Morgan fingerprint density at radius 2 is 1.83 bits per heavy atom. The van der Waals surface area contributed by atoms with E-state index < -0.39 is 30.3 Å². The fourth-order valence-electron chi connectivity index (χ4n) is 1.15. The van der Waals surface area contributed by atoms with Crippen LogP contribution in [-0.4, -0.2) is 57.3 Å². The Morgan fingerprint density at radius 3 is 2.33 bits per heavy atom. The van der Waals surface area contributed by atoms with Crippen LogP contribution in [0.5, 0.6) is 0 Å². The van der Waals surface area contributed by atoms with Crippen molar-refractivity contribution in [1.29, 1.82) is 0 Å². The van der Waals surface area contributed by atoms with Gasteiger partial charge in [0.05, 0.1) is 6.10 Å². The van der Waals surface area contributed by atoms with Crippen LogP contribution in [-0.2, 0) is 4.79 Å². The van der Waals surface area contributed by atoms with Crippen LogP contribution in [0.2, 0.25) is 0 Å². The zero-order chi connectivity index (χ0) is 9.30. The van der Waals surface area contributed by atoms with Gasteiger partial charge in [0.1, 0.15) is 18.2 Å². The minimum atomic E-state index is -1.47. The number of nitrogens with one attached hydrogen (secondary N) is 1. The van der Waals surface area contributed by atoms with Gasteiger partial charge in [-0.15, -0.1) is 0 Å². The zero-order valence-electron chi connectivity index (χ0n) is 6.21. The van der Waals surface area contributed by atoms with E-state index in [1.165, 1.54) is 0 Å². The SMILES string of the molecule is O=C(O)C1NCC(O)C(O)[C@@H]1O. The van der Waals surface area contributed by atoms with Crippen LogP contribution in [0.4, 0.5) is 0 Å². The van der Waals surface area contributed by atoms with E-state index in [9.17, 15) is 4.79 Å². The second-order valence-electron chi connectivity index (χ2n) is 2.77. The summed E-state index contributed by atoms with van der Waals surface area (Å²) in [6, 6.07) is -1.21. The summed E-state index contributed by atoms with van der Waals surface area (Å²) < 4.78 is 0. The van der Waals surface area contributed by atoms with Crippen LogP contribution in [0.15, 0.2) is 0 Å². The normalized spacial score (nSPS) is 42.6. The second kappa shape index (κ2) is 3.36. The van der Waals surface area contributed by atoms with Crippen molar-refractivity contribution < 1.29 is 25.2 Å². The number of hydrogen-bond donors (Lipinski definition) is 5. The molecule has 6 nitrogen and oxygen atoms in total. The molecular weight excluding hydrogens is 166 g/mol. The van der Waals surface area contributed by atoms with E-state index in [1.807, 2.05) is 0 Å². The van der Waals surface area contributed by atoms with Gasteiger partial charge in [-0.05, 0) is 0 Å². The number of aliphatic hydroxyl groups excluding tert-OH is 3. The lowest BCUT2D eigenvalue weighted by atomic mass is 9.96. The molecule has 0 aliphatic carbocycles. The molecule has 4 atom stereocenters. The molecule has 0 radical (unpaired) electrons. The molecule has 0 spiro atoms. The molecule has 1 rings (SSSR count). The third-order valence-electron chi connectivity index (χ3n) is 1.90. The maximum absolute atomic E-state index is 10.4. The fraction of sp³-hybridized carbons (Fsp3) is 0.833. The Labute approximate surface area is 68.4 Å². The number of rotatable bonds is 1. The smallest absolute Gasteiger partial charge is 0.323 e. The van der Waals surface area contributed by atoms with E-state index in [4.69, 9.17) is 20.4 Å². The molecule has 0 aromatic carbocycles. The van der Waals surface area contributed by atoms with E-state index in [0.29, 0.717) is 0 Å². The van der Waals surface area contributed by atoms with Crippen LogP contribution < -0.4 is 5.32 Å². The minimum Gasteiger partial charge on any atom is -0.480 e. The summed E-state index contributed by atoms with van der Waals surface area (Å²) in [5.74, 6) is -1.24. The number of aliphatic hydroxyl groups is 3. The van der Waals surface area contributed by atoms with E-state index >= 15 is 0 Å². The van der Waals surface area contributed by atoms with Gasteiger partial charge in [-0.1, -0.05) is 0 Å². The maximum Gasteiger partial charge on any atom is 0.323 e. The topological polar surface area (TPSA) is 110 Å². The molecule has 0 aromatic rings. The monoisotopic (exact) mass is 177 g/mol. The van der Waals surface area contributed by atoms with Gasteiger partial charge in [0.15, 0.2) is 0 Å². The van der Waals surface area contributed by atoms with Crippen LogP contribution in [0.25, 0.3) is 0 Å². The summed E-state index contributed by atoms with van der Waals surface area (Å²) in [6.45, 7) is -0.0325. The Bertz CT molecular complexity index is 185. The maximum atomic E-state index is 10.4. The average molecular weight is 177 g/mol. The Hall–Kier alpha value is -0.690. The van der Waals surface area contributed by atoms with Gasteiger partial charge < -0.3 is 20.4 Å². The first-order chi connectivity index (χ1) is 5.54. The van der Waals surface area contributed by atoms with Crippen LogP contribution in [0, 0.1) is 0 Å². The summed E-state index contributed by atoms with van der Waals surface area (Å²) in [4.78, 5) is 10.4. The Kier molecular flexibility index (Phi) is 2.63. The van der Waals surface area contributed by atoms with Crippen molar-refractivity contribution in [3.63, 3.8) is 0 Å². The molecule has 1 saturated heterocycles. The standard InChI is InChI=1S/C6H11NO5/c8-2-1-7-3(6(11)12)5(10)4(2)9/h2-5,7-10H,1H2,(H,11,12)/t2?,3?,4?,5-/m1/s1. The Balaban J connectivity index is 2.65. The predicted octanol–water partition coefficient (Wildman–Crippen LogP) is -2.87. The highest BCUT2D eigenvalue weighted by atomic mass is 16.4. The van der Waals surface area contributed by atoms with Gasteiger partial charge in [-0.2, -0.15) is 0 Å². The molecule has 12 heavy (non-hydrogen) atoms. The number of piperidine rings is 1. The van der Waals surface area contributed by atoms with Gasteiger partial charge in [-0.3, -0.25) is 10.1 Å². The lowest BCUT2D eigenvalue weighted by Gasteiger charge is -2.33. The number of β-amino-alcohol motifs (C(OH)–C–C–N with tert-alkyl or cyclic N) is 1. The molecular formula is C6H11NO5. The summed E-state index contributed by atoms with van der Waals surface area (Å²) in [5, 5.41) is 38.1. The lowest BCUT2D eigenvalue weighted by Crippen LogP contribution is -2.62. The van der Waals surface area contributed by atoms with E-state index in [2.05, 4.69) is 5.32 Å². The van der Waals surface area contributed by atoms with Crippen LogP contribution >= 0.6 is 0 Å². The molecule has 70 valence electrons. The van der Waals surface area contributed by atoms with Gasteiger partial charge in [0.25, 0.3) is 0 Å². The molecule has 1 aliphatic heterocycles. The van der Waals surface area contributed by atoms with Crippen molar-refractivity contribution in [3.05, 3.63) is 0 Å². The van der Waals surface area contributed by atoms with Crippen LogP contribution in [0.1, 0.15) is 0 Å². The summed E-state index contributed by atoms with van der Waals surface area (Å²) in [5.41, 5.74) is 0. The molecule has 1 heterocycles. The number of hydrogen-bond acceptors (Lipinski definition) is 5. The molecule has 5 N–H and O–H groups in total. The van der Waals surface area contributed by atoms with E-state index in [-0.39, 0.29) is 6.54 Å². The van der Waals surface area contributed by atoms with Gasteiger partial charge in [0, 0.05) is 6.54 Å². The van der Waals surface area contributed by atoms with E-state index in [1.54, 1.807) is 0 Å². The first-order valence-electron chi connectivity index (χ1n) is 3.54. The average Bonchev–Trinajstić information content (AvgIpc) is 2.00. The molecule has 1 aliphatic rings. The quantitative estimate of drug-likeness (QED) is 0.294. The summed E-state index contributed by atoms with van der Waals surface area (Å²) in [6.07, 6.45) is -3.98. The highest BCUT2D eigenvalue weighted by molar-refractivity contribution is 5.74. The second-order valence-corrected chi connectivity index (χ2v) is 2.77. The first-order valence-corrected chi connectivity index (χ1v) is 3.54. The third-order valence-corrected chi connectivity index (χ3v) is 1.90. The highest BCUT2D eigenvalue weighted by Crippen LogP contribution is 2.10. The largest absolute Gasteiger partial charge is 0.480 e. The number of aliphatic carboxylic acids is 1. The molecule has 1 fully saturated rings. The van der Waals surface area contributed by atoms with Crippen molar-refractivity contribution in [3.8, 4) is 0 Å². The molecule has 0 amide bonds. The third kappa shape index (κ3) is 1.56. The van der Waals surface area contributed by atoms with Crippen molar-refractivity contribution in [2.45, 2.75) is 24.4 Å². The van der Waals surface area contributed by atoms with E-state index in [0.717, 1.165) is 0 Å². The highest BCUT2D eigenvalue weighted by Gasteiger charge is 2.39. The Morgan fingerprint density at radius 1 is 1.25 bits per heavy atom. The molecule has 0 saturated carbocycles. The van der Waals surface area contributed by atoms with Crippen molar-refractivity contribution in [1.82, 2.24) is 5.32 Å². The molecule has 3 unspecified atom stereocenters. The zero-order valence-corrected chi connectivity index (χ0v) is 6.21. The van der Waals surface area contributed by atoms with Gasteiger partial charge in [0.2, 0.25) is 0 Å². The minimum absolute atomic E-state index is 0.0325. The molecule has 0 aromatic heterocycles. The molecule has 6 heteroatoms. The van der Waals surface area contributed by atoms with Gasteiger partial charge in [-0.25, -0.2) is 0 Å².